The van der Waals surface area contributed by atoms with Crippen LogP contribution in [0.15, 0.2) is 11.6 Å². The topological polar surface area (TPSA) is 74.6 Å². The quantitative estimate of drug-likeness (QED) is 0.667. The molecule has 3 fully saturated rings. The van der Waals surface area contributed by atoms with Gasteiger partial charge in [-0.05, 0) is 67.3 Å². The lowest BCUT2D eigenvalue weighted by Crippen LogP contribution is -2.56. The predicted octanol–water partition coefficient (Wildman–Crippen LogP) is 3.04. The van der Waals surface area contributed by atoms with Crippen LogP contribution in [-0.2, 0) is 9.59 Å². The number of halogens is 1. The molecule has 0 aromatic heterocycles. The Bertz CT molecular complexity index is 673. The molecule has 2 N–H and O–H groups in total. The monoisotopic (exact) mass is 424 g/mol. The Balaban J connectivity index is 1.72. The molecule has 26 heavy (non-hydrogen) atoms. The first-order valence-corrected chi connectivity index (χ1v) is 11.0. The summed E-state index contributed by atoms with van der Waals surface area (Å²) in [4.78, 5) is 25.4. The number of hydrogen-bond acceptors (Lipinski definition) is 4. The van der Waals surface area contributed by atoms with E-state index >= 15 is 0 Å². The Morgan fingerprint density at radius 3 is 2.50 bits per heavy atom. The van der Waals surface area contributed by atoms with E-state index in [2.05, 4.69) is 29.8 Å². The largest absolute Gasteiger partial charge is 0.390 e. The molecule has 0 radical (unpaired) electrons. The van der Waals surface area contributed by atoms with Crippen LogP contribution in [0, 0.1) is 34.5 Å². The average molecular weight is 425 g/mol. The zero-order valence-corrected chi connectivity index (χ0v) is 17.2. The Morgan fingerprint density at radius 2 is 1.81 bits per heavy atom. The van der Waals surface area contributed by atoms with Crippen molar-refractivity contribution >= 4 is 27.5 Å². The van der Waals surface area contributed by atoms with Gasteiger partial charge in [0.15, 0.2) is 5.78 Å². The maximum atomic E-state index is 13.0. The van der Waals surface area contributed by atoms with Gasteiger partial charge in [-0.25, -0.2) is 0 Å². The molecule has 0 aliphatic heterocycles. The highest BCUT2D eigenvalue weighted by atomic mass is 79.9. The van der Waals surface area contributed by atoms with E-state index in [0.29, 0.717) is 24.1 Å². The van der Waals surface area contributed by atoms with E-state index in [1.807, 2.05) is 6.08 Å². The number of Topliss-reactive ketones (excluding diaryl/α,β-unsaturated/α-hetero) is 1. The number of aliphatic hydroxyl groups excluding tert-OH is 2. The van der Waals surface area contributed by atoms with Crippen molar-refractivity contribution in [3.8, 4) is 0 Å². The van der Waals surface area contributed by atoms with Gasteiger partial charge in [-0.1, -0.05) is 35.4 Å². The summed E-state index contributed by atoms with van der Waals surface area (Å²) >= 11 is 3.34. The van der Waals surface area contributed by atoms with E-state index in [1.54, 1.807) is 0 Å². The second-order valence-electron chi connectivity index (χ2n) is 9.56. The molecule has 0 bridgehead atoms. The summed E-state index contributed by atoms with van der Waals surface area (Å²) in [6, 6.07) is 0. The summed E-state index contributed by atoms with van der Waals surface area (Å²) in [5, 5.41) is 20.8. The van der Waals surface area contributed by atoms with Gasteiger partial charge in [-0.2, -0.15) is 0 Å². The fraction of sp³-hybridized carbons (Fsp3) is 0.810. The molecule has 0 spiro atoms. The predicted molar refractivity (Wildman–Crippen MR) is 102 cm³/mol. The fourth-order valence-electron chi connectivity index (χ4n) is 7.02. The minimum Gasteiger partial charge on any atom is -0.390 e. The molecule has 2 unspecified atom stereocenters. The molecule has 5 heteroatoms. The maximum absolute atomic E-state index is 13.0. The number of carbonyl (C=O) groups is 2. The Kier molecular flexibility index (Phi) is 4.52. The number of hydrogen-bond donors (Lipinski definition) is 2. The number of rotatable bonds is 2. The summed E-state index contributed by atoms with van der Waals surface area (Å²) in [6.07, 6.45) is 5.02. The molecule has 4 nitrogen and oxygen atoms in total. The summed E-state index contributed by atoms with van der Waals surface area (Å²) in [7, 11) is 0. The van der Waals surface area contributed by atoms with Crippen LogP contribution in [0.4, 0.5) is 0 Å². The van der Waals surface area contributed by atoms with Gasteiger partial charge in [0.2, 0.25) is 0 Å². The SMILES string of the molecule is C[C@]12CCC3C(=CC(=O)[C@@H]4C[C@@H](O)[C@@H](O)C[C@]34C)C1CC[C@@H]2C(=O)CBr. The Morgan fingerprint density at radius 1 is 1.12 bits per heavy atom. The van der Waals surface area contributed by atoms with Gasteiger partial charge in [-0.15, -0.1) is 0 Å². The summed E-state index contributed by atoms with van der Waals surface area (Å²) < 4.78 is 0. The number of alkyl halides is 1. The number of carbonyl (C=O) groups excluding carboxylic acids is 2. The summed E-state index contributed by atoms with van der Waals surface area (Å²) in [5.41, 5.74) is 0.901. The normalized spacial score (nSPS) is 50.5. The van der Waals surface area contributed by atoms with Crippen molar-refractivity contribution in [2.45, 2.75) is 64.6 Å². The molecule has 0 aromatic carbocycles. The second kappa shape index (κ2) is 6.25. The van der Waals surface area contributed by atoms with Crippen molar-refractivity contribution in [2.75, 3.05) is 5.33 Å². The Hall–Kier alpha value is -0.520. The first-order valence-electron chi connectivity index (χ1n) is 9.92. The first kappa shape index (κ1) is 18.8. The van der Waals surface area contributed by atoms with Crippen LogP contribution in [0.2, 0.25) is 0 Å². The molecule has 0 amide bonds. The van der Waals surface area contributed by atoms with E-state index in [4.69, 9.17) is 0 Å². The molecule has 0 aromatic rings. The highest BCUT2D eigenvalue weighted by molar-refractivity contribution is 9.09. The van der Waals surface area contributed by atoms with E-state index < -0.39 is 12.2 Å². The van der Waals surface area contributed by atoms with E-state index in [1.165, 1.54) is 5.57 Å². The van der Waals surface area contributed by atoms with E-state index in [-0.39, 0.29) is 40.2 Å². The van der Waals surface area contributed by atoms with Gasteiger partial charge in [0.05, 0.1) is 17.5 Å². The van der Waals surface area contributed by atoms with Gasteiger partial charge < -0.3 is 10.2 Å². The van der Waals surface area contributed by atoms with Crippen LogP contribution in [0.3, 0.4) is 0 Å². The van der Waals surface area contributed by atoms with Crippen molar-refractivity contribution in [3.63, 3.8) is 0 Å². The average Bonchev–Trinajstić information content (AvgIpc) is 2.94. The number of aliphatic hydroxyl groups is 2. The fourth-order valence-corrected chi connectivity index (χ4v) is 7.41. The Labute approximate surface area is 163 Å². The third-order valence-corrected chi connectivity index (χ3v) is 9.00. The minimum atomic E-state index is -0.798. The van der Waals surface area contributed by atoms with E-state index in [0.717, 1.165) is 25.7 Å². The maximum Gasteiger partial charge on any atom is 0.159 e. The van der Waals surface area contributed by atoms with Gasteiger partial charge in [-0.3, -0.25) is 9.59 Å². The molecule has 144 valence electrons. The number of allylic oxidation sites excluding steroid dienone is 2. The van der Waals surface area contributed by atoms with Gasteiger partial charge >= 0.3 is 0 Å². The zero-order chi connectivity index (χ0) is 18.9. The standard InChI is InChI=1S/C21H29BrO4/c1-20-6-5-13-11(12(20)3-4-14(20)19(26)10-22)7-16(23)15-8-17(24)18(25)9-21(13,15)2/h7,12-15,17-18,24-25H,3-6,8-10H2,1-2H3/t12?,13?,14-,15+,17-,18+,20+,21-/m1/s1. The molecular weight excluding hydrogens is 396 g/mol. The summed E-state index contributed by atoms with van der Waals surface area (Å²) in [5.74, 6) is 0.859. The second-order valence-corrected chi connectivity index (χ2v) is 10.1. The van der Waals surface area contributed by atoms with Crippen molar-refractivity contribution < 1.29 is 19.8 Å². The van der Waals surface area contributed by atoms with Crippen molar-refractivity contribution in [1.29, 1.82) is 0 Å². The molecule has 0 heterocycles. The molecular formula is C21H29BrO4. The molecule has 8 atom stereocenters. The van der Waals surface area contributed by atoms with Gasteiger partial charge in [0.25, 0.3) is 0 Å². The third kappa shape index (κ3) is 2.46. The lowest BCUT2D eigenvalue weighted by molar-refractivity contribution is -0.143. The van der Waals surface area contributed by atoms with Crippen LogP contribution in [-0.4, -0.2) is 39.3 Å². The van der Waals surface area contributed by atoms with Crippen LogP contribution >= 0.6 is 15.9 Å². The minimum absolute atomic E-state index is 0.0521. The lowest BCUT2D eigenvalue weighted by atomic mass is 9.47. The lowest BCUT2D eigenvalue weighted by Gasteiger charge is -2.57. The van der Waals surface area contributed by atoms with Crippen LogP contribution in [0.25, 0.3) is 0 Å². The number of fused-ring (bicyclic) bond motifs is 5. The van der Waals surface area contributed by atoms with Crippen LogP contribution in [0.5, 0.6) is 0 Å². The number of ketones is 2. The van der Waals surface area contributed by atoms with Crippen LogP contribution < -0.4 is 0 Å². The first-order chi connectivity index (χ1) is 12.2. The van der Waals surface area contributed by atoms with Crippen LogP contribution in [0.1, 0.15) is 52.4 Å². The van der Waals surface area contributed by atoms with Crippen molar-refractivity contribution in [3.05, 3.63) is 11.6 Å². The van der Waals surface area contributed by atoms with Crippen molar-refractivity contribution in [2.24, 2.45) is 34.5 Å². The molecule has 0 saturated heterocycles. The molecule has 4 aliphatic rings. The molecule has 3 saturated carbocycles. The van der Waals surface area contributed by atoms with Gasteiger partial charge in [0, 0.05) is 11.8 Å². The third-order valence-electron chi connectivity index (χ3n) is 8.45. The highest BCUT2D eigenvalue weighted by Gasteiger charge is 2.61. The van der Waals surface area contributed by atoms with Gasteiger partial charge in [0.1, 0.15) is 5.78 Å². The highest BCUT2D eigenvalue weighted by Crippen LogP contribution is 2.65. The van der Waals surface area contributed by atoms with E-state index in [9.17, 15) is 19.8 Å². The molecule has 4 rings (SSSR count). The zero-order valence-electron chi connectivity index (χ0n) is 15.6. The molecule has 4 aliphatic carbocycles. The van der Waals surface area contributed by atoms with Crippen molar-refractivity contribution in [1.82, 2.24) is 0 Å². The summed E-state index contributed by atoms with van der Waals surface area (Å²) in [6.45, 7) is 4.38. The smallest absolute Gasteiger partial charge is 0.159 e.